The molecule has 142 valence electrons. The quantitative estimate of drug-likeness (QED) is 0.527. The van der Waals surface area contributed by atoms with Crippen molar-refractivity contribution in [3.05, 3.63) is 0 Å². The summed E-state index contributed by atoms with van der Waals surface area (Å²) in [6, 6.07) is -6.18. The van der Waals surface area contributed by atoms with Crippen molar-refractivity contribution in [2.24, 2.45) is 0 Å². The number of rotatable bonds is 5. The molecule has 0 aromatic rings. The standard InChI is InChI=1S/C7F12O5/c8-1(20)21-3(11,12)2(9,10)4(13,14)22-6(17)5(15,16)23-7(18,19)24-6. The summed E-state index contributed by atoms with van der Waals surface area (Å²) >= 11 is 0. The van der Waals surface area contributed by atoms with Gasteiger partial charge in [-0.15, -0.1) is 13.2 Å². The lowest BCUT2D eigenvalue weighted by Crippen LogP contribution is -2.61. The molecular formula is C7F12O5. The molecule has 1 aliphatic rings. The van der Waals surface area contributed by atoms with E-state index in [1.54, 1.807) is 0 Å². The summed E-state index contributed by atoms with van der Waals surface area (Å²) in [5.41, 5.74) is 0. The average Bonchev–Trinajstić information content (AvgIpc) is 2.37. The molecule has 0 saturated carbocycles. The predicted octanol–water partition coefficient (Wildman–Crippen LogP) is 3.74. The van der Waals surface area contributed by atoms with Crippen molar-refractivity contribution < 1.29 is 76.4 Å². The van der Waals surface area contributed by atoms with Gasteiger partial charge in [0.2, 0.25) is 0 Å². The van der Waals surface area contributed by atoms with Crippen LogP contribution in [0.1, 0.15) is 0 Å². The normalized spacial score (nSPS) is 27.2. The minimum absolute atomic E-state index is 1.90. The Labute approximate surface area is 121 Å². The molecule has 5 nitrogen and oxygen atoms in total. The number of carbonyl (C=O) groups is 1. The molecule has 1 heterocycles. The number of hydrogen-bond acceptors (Lipinski definition) is 5. The van der Waals surface area contributed by atoms with Gasteiger partial charge in [0.1, 0.15) is 0 Å². The summed E-state index contributed by atoms with van der Waals surface area (Å²) in [6.45, 7) is 0. The Morgan fingerprint density at radius 3 is 1.62 bits per heavy atom. The van der Waals surface area contributed by atoms with Gasteiger partial charge in [0.05, 0.1) is 0 Å². The Balaban J connectivity index is 3.18. The van der Waals surface area contributed by atoms with Crippen molar-refractivity contribution in [3.8, 4) is 0 Å². The first-order chi connectivity index (χ1) is 10.3. The maximum absolute atomic E-state index is 13.2. The molecular weight excluding hydrogens is 392 g/mol. The number of carbonyl (C=O) groups excluding carboxylic acids is 1. The summed E-state index contributed by atoms with van der Waals surface area (Å²) in [6.07, 6.45) is -29.5. The molecule has 0 aliphatic carbocycles. The molecule has 0 radical (unpaired) electrons. The van der Waals surface area contributed by atoms with Gasteiger partial charge in [0.25, 0.3) is 0 Å². The van der Waals surface area contributed by atoms with Gasteiger partial charge in [0.15, 0.2) is 0 Å². The highest BCUT2D eigenvalue weighted by Gasteiger charge is 2.83. The van der Waals surface area contributed by atoms with E-state index in [1.807, 2.05) is 9.47 Å². The number of alkyl halides is 11. The van der Waals surface area contributed by atoms with E-state index in [0.29, 0.717) is 0 Å². The smallest absolute Gasteiger partial charge is 0.369 e. The van der Waals surface area contributed by atoms with Crippen LogP contribution < -0.4 is 0 Å². The van der Waals surface area contributed by atoms with Gasteiger partial charge < -0.3 is 4.74 Å². The van der Waals surface area contributed by atoms with Crippen molar-refractivity contribution in [3.63, 3.8) is 0 Å². The second-order valence-corrected chi connectivity index (χ2v) is 3.77. The zero-order chi connectivity index (χ0) is 19.4. The van der Waals surface area contributed by atoms with Crippen LogP contribution in [0.3, 0.4) is 0 Å². The second kappa shape index (κ2) is 5.25. The largest absolute Gasteiger partial charge is 0.500 e. The molecule has 24 heavy (non-hydrogen) atoms. The molecule has 0 amide bonds. The van der Waals surface area contributed by atoms with Crippen LogP contribution in [-0.4, -0.2) is 42.8 Å². The van der Waals surface area contributed by atoms with E-state index in [2.05, 4.69) is 9.47 Å². The van der Waals surface area contributed by atoms with Crippen molar-refractivity contribution >= 4 is 6.22 Å². The fourth-order valence-corrected chi connectivity index (χ4v) is 1.09. The fraction of sp³-hybridized carbons (Fsp3) is 0.857. The highest BCUT2D eigenvalue weighted by atomic mass is 19.4. The van der Waals surface area contributed by atoms with Crippen molar-refractivity contribution in [2.45, 2.75) is 36.6 Å². The molecule has 1 unspecified atom stereocenters. The molecule has 0 aromatic carbocycles. The average molecular weight is 392 g/mol. The van der Waals surface area contributed by atoms with Crippen LogP contribution in [0.4, 0.5) is 57.5 Å². The van der Waals surface area contributed by atoms with E-state index >= 15 is 0 Å². The third-order valence-corrected chi connectivity index (χ3v) is 2.04. The maximum Gasteiger partial charge on any atom is 0.500 e. The SMILES string of the molecule is O=C(F)OC(F)(F)C(F)(F)C(F)(F)OC1(F)OC(F)(F)OC1(F)F. The molecule has 17 heteroatoms. The van der Waals surface area contributed by atoms with Gasteiger partial charge in [-0.05, 0) is 0 Å². The summed E-state index contributed by atoms with van der Waals surface area (Å²) in [5.74, 6) is -7.22. The zero-order valence-corrected chi connectivity index (χ0v) is 10.1. The minimum atomic E-state index is -7.22. The van der Waals surface area contributed by atoms with Crippen LogP contribution in [0.2, 0.25) is 0 Å². The molecule has 1 aliphatic heterocycles. The monoisotopic (exact) mass is 392 g/mol. The lowest BCUT2D eigenvalue weighted by atomic mass is 10.3. The number of hydrogen-bond donors (Lipinski definition) is 0. The van der Waals surface area contributed by atoms with Crippen molar-refractivity contribution in [2.75, 3.05) is 0 Å². The van der Waals surface area contributed by atoms with E-state index < -0.39 is 42.8 Å². The summed E-state index contributed by atoms with van der Waals surface area (Å²) < 4.78 is 160. The van der Waals surface area contributed by atoms with Gasteiger partial charge in [-0.3, -0.25) is 0 Å². The van der Waals surface area contributed by atoms with E-state index in [-0.39, 0.29) is 0 Å². The van der Waals surface area contributed by atoms with E-state index in [9.17, 15) is 57.5 Å². The fourth-order valence-electron chi connectivity index (χ4n) is 1.09. The van der Waals surface area contributed by atoms with Gasteiger partial charge in [0, 0.05) is 0 Å². The lowest BCUT2D eigenvalue weighted by Gasteiger charge is -2.33. The van der Waals surface area contributed by atoms with Gasteiger partial charge in [-0.1, -0.05) is 0 Å². The number of ether oxygens (including phenoxy) is 4. The molecule has 1 fully saturated rings. The summed E-state index contributed by atoms with van der Waals surface area (Å²) in [7, 11) is 0. The molecule has 1 atom stereocenters. The third-order valence-electron chi connectivity index (χ3n) is 2.04. The topological polar surface area (TPSA) is 54.0 Å². The van der Waals surface area contributed by atoms with Gasteiger partial charge in [-0.2, -0.15) is 39.5 Å². The summed E-state index contributed by atoms with van der Waals surface area (Å²) in [5, 5.41) is 0. The van der Waals surface area contributed by atoms with Crippen molar-refractivity contribution in [1.29, 1.82) is 0 Å². The Morgan fingerprint density at radius 1 is 0.833 bits per heavy atom. The Hall–Kier alpha value is -1.49. The Kier molecular flexibility index (Phi) is 4.50. The molecule has 0 N–H and O–H groups in total. The molecule has 1 saturated heterocycles. The lowest BCUT2D eigenvalue weighted by molar-refractivity contribution is -0.522. The second-order valence-electron chi connectivity index (χ2n) is 3.77. The van der Waals surface area contributed by atoms with Crippen LogP contribution in [-0.2, 0) is 18.9 Å². The highest BCUT2D eigenvalue weighted by Crippen LogP contribution is 2.55. The zero-order valence-electron chi connectivity index (χ0n) is 10.1. The van der Waals surface area contributed by atoms with Crippen LogP contribution in [0.15, 0.2) is 0 Å². The van der Waals surface area contributed by atoms with Crippen LogP contribution in [0, 0.1) is 0 Å². The third kappa shape index (κ3) is 3.32. The first-order valence-electron chi connectivity index (χ1n) is 4.85. The first-order valence-corrected chi connectivity index (χ1v) is 4.85. The van der Waals surface area contributed by atoms with Gasteiger partial charge >= 0.3 is 42.8 Å². The first kappa shape index (κ1) is 20.6. The maximum atomic E-state index is 13.2. The van der Waals surface area contributed by atoms with E-state index in [0.717, 1.165) is 0 Å². The molecule has 0 spiro atoms. The molecule has 0 bridgehead atoms. The van der Waals surface area contributed by atoms with Crippen LogP contribution in [0.5, 0.6) is 0 Å². The Morgan fingerprint density at radius 2 is 1.29 bits per heavy atom. The summed E-state index contributed by atoms with van der Waals surface area (Å²) in [4.78, 5) is 9.50. The molecule has 1 rings (SSSR count). The van der Waals surface area contributed by atoms with E-state index in [4.69, 9.17) is 0 Å². The van der Waals surface area contributed by atoms with Crippen molar-refractivity contribution in [1.82, 2.24) is 0 Å². The minimum Gasteiger partial charge on any atom is -0.369 e. The molecule has 0 aromatic heterocycles. The van der Waals surface area contributed by atoms with Crippen LogP contribution >= 0.6 is 0 Å². The number of halogens is 12. The van der Waals surface area contributed by atoms with Gasteiger partial charge in [-0.25, -0.2) is 19.0 Å². The predicted molar refractivity (Wildman–Crippen MR) is 39.4 cm³/mol. The van der Waals surface area contributed by atoms with E-state index in [1.165, 1.54) is 0 Å². The Bertz CT molecular complexity index is 520. The highest BCUT2D eigenvalue weighted by molar-refractivity contribution is 5.58. The van der Waals surface area contributed by atoms with Crippen LogP contribution in [0.25, 0.3) is 0 Å².